The minimum absolute atomic E-state index is 0.435. The molecule has 1 aliphatic carbocycles. The van der Waals surface area contributed by atoms with E-state index in [1.54, 1.807) is 0 Å². The van der Waals surface area contributed by atoms with Gasteiger partial charge in [-0.15, -0.1) is 0 Å². The third kappa shape index (κ3) is 5.04. The van der Waals surface area contributed by atoms with E-state index in [1.807, 2.05) is 24.3 Å². The Morgan fingerprint density at radius 2 is 1.43 bits per heavy atom. The Labute approximate surface area is 215 Å². The van der Waals surface area contributed by atoms with Crippen LogP contribution in [-0.4, -0.2) is 73.1 Å². The van der Waals surface area contributed by atoms with Gasteiger partial charge in [-0.1, -0.05) is 12.8 Å². The smallest absolute Gasteiger partial charge is 0.153 e. The highest BCUT2D eigenvalue weighted by molar-refractivity contribution is 5.85. The molecular formula is C26H33N11. The van der Waals surface area contributed by atoms with Crippen LogP contribution in [0, 0.1) is 0 Å². The quantitative estimate of drug-likeness (QED) is 0.382. The largest absolute Gasteiger partial charge is 0.382 e. The van der Waals surface area contributed by atoms with Crippen LogP contribution in [0.3, 0.4) is 0 Å². The second kappa shape index (κ2) is 10.3. The lowest BCUT2D eigenvalue weighted by molar-refractivity contribution is 0.230. The summed E-state index contributed by atoms with van der Waals surface area (Å²) in [6.45, 7) is 4.48. The molecule has 0 spiro atoms. The molecule has 192 valence electrons. The van der Waals surface area contributed by atoms with E-state index in [9.17, 15) is 0 Å². The van der Waals surface area contributed by atoms with Gasteiger partial charge in [0.05, 0.1) is 11.0 Å². The van der Waals surface area contributed by atoms with Gasteiger partial charge in [-0.25, -0.2) is 29.9 Å². The Bertz CT molecular complexity index is 1390. The van der Waals surface area contributed by atoms with E-state index in [0.29, 0.717) is 34.8 Å². The summed E-state index contributed by atoms with van der Waals surface area (Å²) in [5, 5.41) is 3.44. The van der Waals surface area contributed by atoms with Crippen molar-refractivity contribution in [2.24, 2.45) is 0 Å². The van der Waals surface area contributed by atoms with Crippen molar-refractivity contribution < 1.29 is 0 Å². The van der Waals surface area contributed by atoms with Gasteiger partial charge >= 0.3 is 0 Å². The molecule has 1 saturated carbocycles. The zero-order chi connectivity index (χ0) is 25.2. The van der Waals surface area contributed by atoms with E-state index >= 15 is 0 Å². The number of hydrogen-bond donors (Lipinski definition) is 3. The second-order valence-corrected chi connectivity index (χ2v) is 10.0. The SMILES string of the molecule is Nc1ncnc2ccc(N3CCN4CCCC4C3)nc12.Nc1ncnc2ccc(NC3CCCC3)nc12. The summed E-state index contributed by atoms with van der Waals surface area (Å²) < 4.78 is 0. The van der Waals surface area contributed by atoms with Crippen LogP contribution in [-0.2, 0) is 0 Å². The van der Waals surface area contributed by atoms with Crippen LogP contribution in [0.25, 0.3) is 22.1 Å². The van der Waals surface area contributed by atoms with Gasteiger partial charge in [0.25, 0.3) is 0 Å². The zero-order valence-corrected chi connectivity index (χ0v) is 20.9. The standard InChI is InChI=1S/C14H18N6.C12H15N5/c15-14-13-11(16-9-17-14)3-4-12(18-13)20-7-6-19-5-1-2-10(19)8-20;13-12-11-9(14-7-15-12)5-6-10(17-11)16-8-3-1-2-4-8/h3-4,9-10H,1-2,5-8H2,(H2,15,16,17);5-8H,1-4H2,(H,16,17)(H2,13,14,15). The van der Waals surface area contributed by atoms with Gasteiger partial charge in [0, 0.05) is 31.7 Å². The Kier molecular flexibility index (Phi) is 6.52. The maximum absolute atomic E-state index is 5.90. The predicted molar refractivity (Wildman–Crippen MR) is 146 cm³/mol. The fourth-order valence-electron chi connectivity index (χ4n) is 5.64. The highest BCUT2D eigenvalue weighted by atomic mass is 15.3. The van der Waals surface area contributed by atoms with Gasteiger partial charge in [0.1, 0.15) is 35.3 Å². The number of nitrogens with two attached hydrogens (primary N) is 2. The highest BCUT2D eigenvalue weighted by Gasteiger charge is 2.31. The number of hydrogen-bond acceptors (Lipinski definition) is 11. The van der Waals surface area contributed by atoms with Gasteiger partial charge in [-0.05, 0) is 56.5 Å². The molecule has 7 rings (SSSR count). The highest BCUT2D eigenvalue weighted by Crippen LogP contribution is 2.26. The van der Waals surface area contributed by atoms with E-state index < -0.39 is 0 Å². The molecule has 2 saturated heterocycles. The van der Waals surface area contributed by atoms with Crippen molar-refractivity contribution in [3.8, 4) is 0 Å². The average molecular weight is 500 g/mol. The number of anilines is 4. The summed E-state index contributed by atoms with van der Waals surface area (Å²) in [5.74, 6) is 2.75. The van der Waals surface area contributed by atoms with Crippen LogP contribution in [0.4, 0.5) is 23.3 Å². The molecule has 4 aromatic rings. The first kappa shape index (κ1) is 23.5. The van der Waals surface area contributed by atoms with E-state index in [-0.39, 0.29) is 0 Å². The van der Waals surface area contributed by atoms with Gasteiger partial charge in [0.15, 0.2) is 11.6 Å². The summed E-state index contributed by atoms with van der Waals surface area (Å²) in [5.41, 5.74) is 14.7. The van der Waals surface area contributed by atoms with Gasteiger partial charge < -0.3 is 21.7 Å². The first-order valence-corrected chi connectivity index (χ1v) is 13.1. The van der Waals surface area contributed by atoms with Crippen molar-refractivity contribution in [2.45, 2.75) is 50.6 Å². The first-order chi connectivity index (χ1) is 18.1. The van der Waals surface area contributed by atoms with E-state index in [1.165, 1.54) is 57.7 Å². The number of nitrogen functional groups attached to an aromatic ring is 2. The molecule has 4 aromatic heterocycles. The van der Waals surface area contributed by atoms with Crippen molar-refractivity contribution >= 4 is 45.3 Å². The molecule has 1 unspecified atom stereocenters. The van der Waals surface area contributed by atoms with Crippen LogP contribution in [0.2, 0.25) is 0 Å². The number of nitrogens with one attached hydrogen (secondary N) is 1. The molecule has 11 nitrogen and oxygen atoms in total. The van der Waals surface area contributed by atoms with E-state index in [4.69, 9.17) is 11.5 Å². The normalized spacial score (nSPS) is 20.1. The molecule has 3 aliphatic rings. The third-order valence-electron chi connectivity index (χ3n) is 7.62. The average Bonchev–Trinajstić information content (AvgIpc) is 3.61. The van der Waals surface area contributed by atoms with Crippen molar-refractivity contribution in [3.05, 3.63) is 36.9 Å². The minimum atomic E-state index is 0.435. The topological polar surface area (TPSA) is 148 Å². The number of rotatable bonds is 3. The number of pyridine rings is 2. The lowest BCUT2D eigenvalue weighted by Crippen LogP contribution is -2.50. The second-order valence-electron chi connectivity index (χ2n) is 10.0. The Morgan fingerprint density at radius 3 is 2.19 bits per heavy atom. The molecule has 1 atom stereocenters. The van der Waals surface area contributed by atoms with Crippen molar-refractivity contribution in [2.75, 3.05) is 47.9 Å². The lowest BCUT2D eigenvalue weighted by atomic mass is 10.1. The number of fused-ring (bicyclic) bond motifs is 3. The Balaban J connectivity index is 0.000000138. The van der Waals surface area contributed by atoms with E-state index in [0.717, 1.165) is 42.3 Å². The van der Waals surface area contributed by atoms with Crippen LogP contribution < -0.4 is 21.7 Å². The Hall–Kier alpha value is -3.86. The molecule has 0 bridgehead atoms. The van der Waals surface area contributed by atoms with Crippen molar-refractivity contribution in [1.29, 1.82) is 0 Å². The Morgan fingerprint density at radius 1 is 0.730 bits per heavy atom. The molecule has 37 heavy (non-hydrogen) atoms. The maximum Gasteiger partial charge on any atom is 0.153 e. The van der Waals surface area contributed by atoms with Crippen molar-refractivity contribution in [3.63, 3.8) is 0 Å². The molecule has 0 radical (unpaired) electrons. The number of aromatic nitrogens is 6. The summed E-state index contributed by atoms with van der Waals surface area (Å²) in [7, 11) is 0. The maximum atomic E-state index is 5.90. The third-order valence-corrected chi connectivity index (χ3v) is 7.62. The number of piperazine rings is 1. The molecule has 6 heterocycles. The molecule has 11 heteroatoms. The fraction of sp³-hybridized carbons (Fsp3) is 0.462. The summed E-state index contributed by atoms with van der Waals surface area (Å²) in [6.07, 6.45) is 10.6. The number of nitrogens with zero attached hydrogens (tertiary/aromatic N) is 8. The molecule has 3 fully saturated rings. The predicted octanol–water partition coefficient (Wildman–Crippen LogP) is 2.85. The fourth-order valence-corrected chi connectivity index (χ4v) is 5.64. The summed E-state index contributed by atoms with van der Waals surface area (Å²) >= 11 is 0. The lowest BCUT2D eigenvalue weighted by Gasteiger charge is -2.38. The van der Waals surface area contributed by atoms with E-state index in [2.05, 4.69) is 45.0 Å². The van der Waals surface area contributed by atoms with Gasteiger partial charge in [0.2, 0.25) is 0 Å². The zero-order valence-electron chi connectivity index (χ0n) is 20.9. The van der Waals surface area contributed by atoms with Gasteiger partial charge in [-0.3, -0.25) is 4.90 Å². The van der Waals surface area contributed by atoms with Crippen LogP contribution in [0.15, 0.2) is 36.9 Å². The molecule has 2 aliphatic heterocycles. The van der Waals surface area contributed by atoms with Crippen LogP contribution in [0.5, 0.6) is 0 Å². The molecule has 0 aromatic carbocycles. The minimum Gasteiger partial charge on any atom is -0.382 e. The van der Waals surface area contributed by atoms with Gasteiger partial charge in [-0.2, -0.15) is 0 Å². The van der Waals surface area contributed by atoms with Crippen LogP contribution in [0.1, 0.15) is 38.5 Å². The molecular weight excluding hydrogens is 466 g/mol. The molecule has 5 N–H and O–H groups in total. The summed E-state index contributed by atoms with van der Waals surface area (Å²) in [6, 6.07) is 9.14. The monoisotopic (exact) mass is 499 g/mol. The van der Waals surface area contributed by atoms with Crippen LogP contribution >= 0.6 is 0 Å². The van der Waals surface area contributed by atoms with Crippen molar-refractivity contribution in [1.82, 2.24) is 34.8 Å². The first-order valence-electron chi connectivity index (χ1n) is 13.1. The molecule has 0 amide bonds. The summed E-state index contributed by atoms with van der Waals surface area (Å²) in [4.78, 5) is 30.4.